The Bertz CT molecular complexity index is 86.2. The van der Waals surface area contributed by atoms with Crippen LogP contribution in [0, 0.1) is 0 Å². The van der Waals surface area contributed by atoms with Crippen LogP contribution in [0.4, 0.5) is 4.79 Å². The van der Waals surface area contributed by atoms with Crippen molar-refractivity contribution >= 4 is 6.09 Å². The maximum absolute atomic E-state index is 9.60. The second kappa shape index (κ2) is 22.5. The van der Waals surface area contributed by atoms with Crippen molar-refractivity contribution in [1.82, 2.24) is 0 Å². The van der Waals surface area contributed by atoms with Crippen LogP contribution < -0.4 is 5.73 Å². The summed E-state index contributed by atoms with van der Waals surface area (Å²) < 4.78 is 9.01. The van der Waals surface area contributed by atoms with Gasteiger partial charge in [-0.1, -0.05) is 0 Å². The largest absolute Gasteiger partial charge is 0.450 e. The van der Waals surface area contributed by atoms with Crippen molar-refractivity contribution in [3.63, 3.8) is 0 Å². The third kappa shape index (κ3) is 53.8. The molecule has 0 saturated carbocycles. The van der Waals surface area contributed by atoms with E-state index in [0.29, 0.717) is 6.61 Å². The number of carbonyl (C=O) groups is 1. The number of nitrogens with two attached hydrogens (primary N) is 1. The summed E-state index contributed by atoms with van der Waals surface area (Å²) in [4.78, 5) is 9.60. The van der Waals surface area contributed by atoms with Crippen LogP contribution in [0.5, 0.6) is 0 Å². The van der Waals surface area contributed by atoms with Crippen LogP contribution in [-0.4, -0.2) is 38.1 Å². The van der Waals surface area contributed by atoms with Gasteiger partial charge in [0.25, 0.3) is 0 Å². The molecule has 0 rings (SSSR count). The molecule has 0 fully saturated rings. The Morgan fingerprint density at radius 1 is 1.15 bits per heavy atom. The van der Waals surface area contributed by atoms with E-state index in [0.717, 1.165) is 20.3 Å². The Kier molecular flexibility index (Phi) is 31.2. The molecule has 0 radical (unpaired) electrons. The van der Waals surface area contributed by atoms with E-state index >= 15 is 0 Å². The Morgan fingerprint density at radius 2 is 1.54 bits per heavy atom. The first-order chi connectivity index (χ1) is 6.18. The molecular formula is C8H21NO4. The molecule has 0 unspecified atom stereocenters. The molecule has 0 aromatic carbocycles. The van der Waals surface area contributed by atoms with Crippen molar-refractivity contribution in [3.05, 3.63) is 0 Å². The monoisotopic (exact) mass is 195 g/mol. The number of hydrogen-bond acceptors (Lipinski definition) is 4. The van der Waals surface area contributed by atoms with Crippen LogP contribution in [0.2, 0.25) is 0 Å². The van der Waals surface area contributed by atoms with E-state index in [1.807, 2.05) is 13.8 Å². The first kappa shape index (κ1) is 18.1. The zero-order chi connectivity index (χ0) is 11.1. The lowest BCUT2D eigenvalue weighted by Gasteiger charge is -1.89. The highest BCUT2D eigenvalue weighted by molar-refractivity contribution is 5.64. The summed E-state index contributed by atoms with van der Waals surface area (Å²) >= 11 is 0. The highest BCUT2D eigenvalue weighted by Gasteiger charge is 1.82. The van der Waals surface area contributed by atoms with E-state index in [2.05, 4.69) is 10.5 Å². The van der Waals surface area contributed by atoms with Crippen molar-refractivity contribution in [1.29, 1.82) is 0 Å². The molecule has 3 N–H and O–H groups in total. The van der Waals surface area contributed by atoms with E-state index in [9.17, 15) is 4.79 Å². The molecule has 0 aliphatic rings. The Hall–Kier alpha value is -0.810. The molecular weight excluding hydrogens is 174 g/mol. The van der Waals surface area contributed by atoms with Crippen molar-refractivity contribution in [2.24, 2.45) is 5.73 Å². The quantitative estimate of drug-likeness (QED) is 0.696. The number of rotatable bonds is 3. The lowest BCUT2D eigenvalue weighted by Crippen LogP contribution is -2.11. The van der Waals surface area contributed by atoms with Gasteiger partial charge in [0, 0.05) is 20.3 Å². The minimum atomic E-state index is -0.711. The molecule has 82 valence electrons. The minimum Gasteiger partial charge on any atom is -0.450 e. The van der Waals surface area contributed by atoms with Gasteiger partial charge in [-0.2, -0.15) is 0 Å². The predicted molar refractivity (Wildman–Crippen MR) is 51.5 cm³/mol. The lowest BCUT2D eigenvalue weighted by molar-refractivity contribution is 0.162. The van der Waals surface area contributed by atoms with E-state index in [1.54, 1.807) is 6.92 Å². The van der Waals surface area contributed by atoms with Gasteiger partial charge in [-0.05, 0) is 20.8 Å². The number of ether oxygens (including phenoxy) is 2. The molecule has 1 amide bonds. The van der Waals surface area contributed by atoms with Crippen LogP contribution in [0.3, 0.4) is 0 Å². The van der Waals surface area contributed by atoms with Crippen molar-refractivity contribution in [2.45, 2.75) is 20.8 Å². The van der Waals surface area contributed by atoms with Gasteiger partial charge in [0.15, 0.2) is 0 Å². The van der Waals surface area contributed by atoms with E-state index in [4.69, 9.17) is 9.84 Å². The summed E-state index contributed by atoms with van der Waals surface area (Å²) in [6.45, 7) is 7.72. The number of primary amides is 1. The van der Waals surface area contributed by atoms with E-state index in [-0.39, 0.29) is 0 Å². The molecule has 0 aliphatic heterocycles. The fourth-order valence-corrected chi connectivity index (χ4v) is 0.346. The number of carbonyl (C=O) groups excluding carboxylic acids is 1. The summed E-state index contributed by atoms with van der Waals surface area (Å²) in [6, 6.07) is 0. The van der Waals surface area contributed by atoms with Gasteiger partial charge in [0.1, 0.15) is 0 Å². The van der Waals surface area contributed by atoms with Gasteiger partial charge < -0.3 is 20.3 Å². The van der Waals surface area contributed by atoms with E-state index < -0.39 is 6.09 Å². The number of amides is 1. The summed E-state index contributed by atoms with van der Waals surface area (Å²) in [5.41, 5.74) is 4.54. The van der Waals surface area contributed by atoms with Crippen LogP contribution in [0.15, 0.2) is 0 Å². The molecule has 0 aromatic heterocycles. The summed E-state index contributed by atoms with van der Waals surface area (Å²) in [5.74, 6) is 0. The van der Waals surface area contributed by atoms with Gasteiger partial charge in [0.2, 0.25) is 0 Å². The zero-order valence-corrected chi connectivity index (χ0v) is 8.87. The van der Waals surface area contributed by atoms with Crippen molar-refractivity contribution in [2.75, 3.05) is 26.9 Å². The lowest BCUT2D eigenvalue weighted by atomic mass is 10.8. The fourth-order valence-electron chi connectivity index (χ4n) is 0.346. The summed E-state index contributed by atoms with van der Waals surface area (Å²) in [5, 5.41) is 7.00. The highest BCUT2D eigenvalue weighted by atomic mass is 16.5. The van der Waals surface area contributed by atoms with Gasteiger partial charge in [-0.3, -0.25) is 0 Å². The summed E-state index contributed by atoms with van der Waals surface area (Å²) in [7, 11) is 1.00. The Labute approximate surface area is 79.8 Å². The van der Waals surface area contributed by atoms with Gasteiger partial charge in [-0.25, -0.2) is 4.79 Å². The predicted octanol–water partition coefficient (Wildman–Crippen LogP) is 0.753. The van der Waals surface area contributed by atoms with E-state index in [1.165, 1.54) is 0 Å². The number of hydrogen-bond donors (Lipinski definition) is 2. The molecule has 0 aliphatic carbocycles. The molecule has 0 bridgehead atoms. The third-order valence-corrected chi connectivity index (χ3v) is 0.695. The average molecular weight is 195 g/mol. The second-order valence-corrected chi connectivity index (χ2v) is 1.53. The van der Waals surface area contributed by atoms with Crippen LogP contribution in [-0.2, 0) is 9.47 Å². The molecule has 5 heteroatoms. The molecule has 0 atom stereocenters. The minimum absolute atomic E-state index is 0.356. The third-order valence-electron chi connectivity index (χ3n) is 0.695. The molecule has 13 heavy (non-hydrogen) atoms. The highest BCUT2D eigenvalue weighted by Crippen LogP contribution is 1.66. The standard InChI is InChI=1S/C4H10O.C3H7NO2.CH4O/c1-3-5-4-2;1-2-6-3(4)5;1-2/h3-4H2,1-2H3;2H2,1H3,(H2,4,5);2H,1H3. The van der Waals surface area contributed by atoms with Gasteiger partial charge in [-0.15, -0.1) is 0 Å². The smallest absolute Gasteiger partial charge is 0.404 e. The SMILES string of the molecule is CCOC(N)=O.CCOCC.CO. The zero-order valence-electron chi connectivity index (χ0n) is 8.87. The Balaban J connectivity index is -0.000000131. The average Bonchev–Trinajstić information content (AvgIpc) is 2.10. The first-order valence-electron chi connectivity index (χ1n) is 4.13. The van der Waals surface area contributed by atoms with Crippen LogP contribution in [0.25, 0.3) is 0 Å². The van der Waals surface area contributed by atoms with Crippen molar-refractivity contribution in [3.8, 4) is 0 Å². The molecule has 0 heterocycles. The number of aliphatic hydroxyl groups excluding tert-OH is 1. The maximum atomic E-state index is 9.60. The fraction of sp³-hybridized carbons (Fsp3) is 0.875. The molecule has 5 nitrogen and oxygen atoms in total. The van der Waals surface area contributed by atoms with Crippen LogP contribution in [0.1, 0.15) is 20.8 Å². The van der Waals surface area contributed by atoms with Gasteiger partial charge in [0.05, 0.1) is 6.61 Å². The van der Waals surface area contributed by atoms with Crippen LogP contribution >= 0.6 is 0 Å². The topological polar surface area (TPSA) is 81.8 Å². The van der Waals surface area contributed by atoms with Crippen molar-refractivity contribution < 1.29 is 19.4 Å². The first-order valence-corrected chi connectivity index (χ1v) is 4.13. The number of aliphatic hydroxyl groups is 1. The molecule has 0 aromatic rings. The van der Waals surface area contributed by atoms with Gasteiger partial charge >= 0.3 is 6.09 Å². The molecule has 0 spiro atoms. The second-order valence-electron chi connectivity index (χ2n) is 1.53. The Morgan fingerprint density at radius 3 is 1.54 bits per heavy atom. The summed E-state index contributed by atoms with van der Waals surface area (Å²) in [6.07, 6.45) is -0.711. The molecule has 0 saturated heterocycles. The maximum Gasteiger partial charge on any atom is 0.404 e. The normalized spacial score (nSPS) is 7.15.